The molecule has 4 heteroatoms. The summed E-state index contributed by atoms with van der Waals surface area (Å²) in [5.41, 5.74) is 15.8. The van der Waals surface area contributed by atoms with Crippen molar-refractivity contribution in [3.63, 3.8) is 0 Å². The minimum Gasteiger partial charge on any atom is -0.437 e. The van der Waals surface area contributed by atoms with Crippen LogP contribution in [0.25, 0.3) is 33.3 Å². The topological polar surface area (TPSA) is 50.8 Å². The van der Waals surface area contributed by atoms with E-state index in [9.17, 15) is 0 Å². The van der Waals surface area contributed by atoms with E-state index >= 15 is 0 Å². The average Bonchev–Trinajstić information content (AvgIpc) is 3.39. The number of aryl methyl sites for hydroxylation is 5. The summed E-state index contributed by atoms with van der Waals surface area (Å²) in [6, 6.07) is 19.5. The predicted octanol–water partition coefficient (Wildman–Crippen LogP) is 9.50. The van der Waals surface area contributed by atoms with E-state index in [0.29, 0.717) is 12.3 Å². The fraction of sp³-hybridized carbons (Fsp3) is 0.225. The third-order valence-corrected chi connectivity index (χ3v) is 9.36. The Balaban J connectivity index is 1.41. The lowest BCUT2D eigenvalue weighted by molar-refractivity contribution is 0.536. The SMILES string of the molecule is C=CC1=NC2C(=C)CN=C(C=C)c3c(cc(C)c4c3oc3nc(-c5c(C)cc(C)cc5C)ccc34)CCC2c2ccccc21. The Kier molecular flexibility index (Phi) is 6.81. The van der Waals surface area contributed by atoms with Crippen LogP contribution in [0.15, 0.2) is 106 Å². The molecule has 0 saturated carbocycles. The molecule has 0 spiro atoms. The number of allylic oxidation sites excluding steroid dienone is 2. The van der Waals surface area contributed by atoms with Gasteiger partial charge in [0.1, 0.15) is 5.58 Å². The van der Waals surface area contributed by atoms with Crippen LogP contribution in [0.4, 0.5) is 0 Å². The monoisotopic (exact) mass is 575 g/mol. The molecule has 0 bridgehead atoms. The molecular weight excluding hydrogens is 538 g/mol. The Labute approximate surface area is 259 Å². The van der Waals surface area contributed by atoms with Crippen molar-refractivity contribution in [2.45, 2.75) is 52.5 Å². The first-order valence-corrected chi connectivity index (χ1v) is 15.4. The van der Waals surface area contributed by atoms with Gasteiger partial charge in [0.15, 0.2) is 0 Å². The van der Waals surface area contributed by atoms with Crippen LogP contribution in [-0.4, -0.2) is 29.0 Å². The van der Waals surface area contributed by atoms with Crippen LogP contribution < -0.4 is 0 Å². The third kappa shape index (κ3) is 4.40. The van der Waals surface area contributed by atoms with Gasteiger partial charge in [0.2, 0.25) is 5.71 Å². The van der Waals surface area contributed by atoms with Gasteiger partial charge in [-0.1, -0.05) is 67.8 Å². The van der Waals surface area contributed by atoms with Crippen molar-refractivity contribution in [3.8, 4) is 11.3 Å². The maximum atomic E-state index is 6.72. The summed E-state index contributed by atoms with van der Waals surface area (Å²) in [4.78, 5) is 15.3. The number of nitrogens with zero attached hydrogens (tertiary/aromatic N) is 3. The molecule has 0 saturated heterocycles. The Morgan fingerprint density at radius 3 is 2.36 bits per heavy atom. The Morgan fingerprint density at radius 1 is 0.864 bits per heavy atom. The van der Waals surface area contributed by atoms with Crippen LogP contribution in [0.2, 0.25) is 0 Å². The lowest BCUT2D eigenvalue weighted by atomic mass is 9.77. The number of aliphatic imine (C=N–C) groups is 2. The summed E-state index contributed by atoms with van der Waals surface area (Å²) in [6.07, 6.45) is 5.47. The molecule has 218 valence electrons. The summed E-state index contributed by atoms with van der Waals surface area (Å²) < 4.78 is 6.72. The highest BCUT2D eigenvalue weighted by Gasteiger charge is 2.33. The fourth-order valence-corrected chi connectivity index (χ4v) is 7.52. The van der Waals surface area contributed by atoms with Gasteiger partial charge in [0.05, 0.1) is 29.7 Å². The molecule has 2 atom stereocenters. The maximum absolute atomic E-state index is 6.72. The number of hydrogen-bond donors (Lipinski definition) is 0. The minimum absolute atomic E-state index is 0.0541. The second-order valence-corrected chi connectivity index (χ2v) is 12.3. The second-order valence-electron chi connectivity index (χ2n) is 12.3. The summed E-state index contributed by atoms with van der Waals surface area (Å²) in [6.45, 7) is 21.8. The number of hydrogen-bond acceptors (Lipinski definition) is 4. The molecule has 3 aromatic carbocycles. The largest absolute Gasteiger partial charge is 0.437 e. The Bertz CT molecular complexity index is 2080. The van der Waals surface area contributed by atoms with E-state index in [-0.39, 0.29) is 12.0 Å². The molecular formula is C40H37N3O. The third-order valence-electron chi connectivity index (χ3n) is 9.36. The highest BCUT2D eigenvalue weighted by atomic mass is 16.3. The normalized spacial score (nSPS) is 18.2. The number of furan rings is 1. The van der Waals surface area contributed by atoms with Gasteiger partial charge in [0, 0.05) is 33.4 Å². The number of pyridine rings is 1. The van der Waals surface area contributed by atoms with Crippen molar-refractivity contribution < 1.29 is 4.42 Å². The second kappa shape index (κ2) is 10.7. The molecule has 2 aromatic heterocycles. The molecule has 0 amide bonds. The zero-order valence-electron chi connectivity index (χ0n) is 26.0. The number of rotatable bonds is 3. The smallest absolute Gasteiger partial charge is 0.227 e. The van der Waals surface area contributed by atoms with Gasteiger partial charge >= 0.3 is 0 Å². The summed E-state index contributed by atoms with van der Waals surface area (Å²) >= 11 is 0. The van der Waals surface area contributed by atoms with Crippen molar-refractivity contribution in [2.75, 3.05) is 6.54 Å². The molecule has 2 aliphatic rings. The lowest BCUT2D eigenvalue weighted by Crippen LogP contribution is -2.29. The van der Waals surface area contributed by atoms with Crippen molar-refractivity contribution >= 4 is 33.5 Å². The van der Waals surface area contributed by atoms with Gasteiger partial charge in [-0.15, -0.1) is 0 Å². The first-order valence-electron chi connectivity index (χ1n) is 15.4. The molecule has 2 unspecified atom stereocenters. The average molecular weight is 576 g/mol. The van der Waals surface area contributed by atoms with Gasteiger partial charge in [-0.05, 0) is 98.2 Å². The number of fused-ring (bicyclic) bond motifs is 8. The van der Waals surface area contributed by atoms with E-state index in [4.69, 9.17) is 19.4 Å². The zero-order valence-corrected chi connectivity index (χ0v) is 26.0. The summed E-state index contributed by atoms with van der Waals surface area (Å²) in [5.74, 6) is 0.202. The maximum Gasteiger partial charge on any atom is 0.227 e. The van der Waals surface area contributed by atoms with Crippen LogP contribution in [0.5, 0.6) is 0 Å². The molecule has 0 fully saturated rings. The first-order chi connectivity index (χ1) is 21.3. The Hall–Kier alpha value is -4.83. The number of benzene rings is 3. The Morgan fingerprint density at radius 2 is 1.61 bits per heavy atom. The highest BCUT2D eigenvalue weighted by molar-refractivity contribution is 6.20. The van der Waals surface area contributed by atoms with E-state index in [1.165, 1.54) is 33.4 Å². The van der Waals surface area contributed by atoms with Crippen molar-refractivity contribution in [1.29, 1.82) is 0 Å². The molecule has 0 aliphatic carbocycles. The van der Waals surface area contributed by atoms with Crippen molar-refractivity contribution in [1.82, 2.24) is 4.98 Å². The number of aromatic nitrogens is 1. The fourth-order valence-electron chi connectivity index (χ4n) is 7.52. The van der Waals surface area contributed by atoms with E-state index in [0.717, 1.165) is 68.6 Å². The van der Waals surface area contributed by atoms with Gasteiger partial charge in [0.25, 0.3) is 0 Å². The molecule has 4 heterocycles. The van der Waals surface area contributed by atoms with Gasteiger partial charge < -0.3 is 4.42 Å². The molecule has 0 radical (unpaired) electrons. The summed E-state index contributed by atoms with van der Waals surface area (Å²) in [7, 11) is 0. The van der Waals surface area contributed by atoms with E-state index in [1.54, 1.807) is 0 Å². The highest BCUT2D eigenvalue weighted by Crippen LogP contribution is 2.41. The van der Waals surface area contributed by atoms with E-state index in [1.807, 2.05) is 12.2 Å². The van der Waals surface area contributed by atoms with Crippen LogP contribution in [0.1, 0.15) is 56.8 Å². The zero-order chi connectivity index (χ0) is 30.7. The van der Waals surface area contributed by atoms with Crippen LogP contribution in [-0.2, 0) is 6.42 Å². The first kappa shape index (κ1) is 28.0. The minimum atomic E-state index is -0.0541. The van der Waals surface area contributed by atoms with Gasteiger partial charge in [-0.3, -0.25) is 9.98 Å². The molecule has 0 N–H and O–H groups in total. The van der Waals surface area contributed by atoms with Crippen molar-refractivity contribution in [2.24, 2.45) is 9.98 Å². The van der Waals surface area contributed by atoms with Gasteiger partial charge in [-0.25, -0.2) is 4.98 Å². The molecule has 2 aliphatic heterocycles. The van der Waals surface area contributed by atoms with E-state index < -0.39 is 0 Å². The van der Waals surface area contributed by atoms with Crippen LogP contribution >= 0.6 is 0 Å². The predicted molar refractivity (Wildman–Crippen MR) is 185 cm³/mol. The van der Waals surface area contributed by atoms with Crippen LogP contribution in [0.3, 0.4) is 0 Å². The lowest BCUT2D eigenvalue weighted by Gasteiger charge is -2.33. The van der Waals surface area contributed by atoms with Crippen molar-refractivity contribution in [3.05, 3.63) is 137 Å². The molecule has 7 rings (SSSR count). The summed E-state index contributed by atoms with van der Waals surface area (Å²) in [5, 5.41) is 2.10. The van der Waals surface area contributed by atoms with Gasteiger partial charge in [-0.2, -0.15) is 0 Å². The quantitative estimate of drug-likeness (QED) is 0.201. The van der Waals surface area contributed by atoms with E-state index in [2.05, 4.69) is 102 Å². The van der Waals surface area contributed by atoms with Crippen LogP contribution in [0, 0.1) is 27.7 Å². The molecule has 4 nitrogen and oxygen atoms in total. The molecule has 5 aromatic rings. The molecule has 44 heavy (non-hydrogen) atoms. The standard InChI is InChI=1S/C40H37N3O/c1-8-32-29-13-11-10-12-28(29)30-15-14-27-20-25(6)36-31-16-17-34(35-23(4)18-22(3)19-24(35)5)43-40(31)44-39(36)37(27)33(9-2)41-21-26(7)38(30)42-32/h8-13,16-20,30,38H,1-2,7,14-15,21H2,3-6H3.